The van der Waals surface area contributed by atoms with Crippen molar-refractivity contribution in [1.82, 2.24) is 5.32 Å². The van der Waals surface area contributed by atoms with E-state index in [9.17, 15) is 14.7 Å². The first-order valence-corrected chi connectivity index (χ1v) is 8.93. The van der Waals surface area contributed by atoms with Gasteiger partial charge < -0.3 is 29.4 Å². The van der Waals surface area contributed by atoms with Gasteiger partial charge in [-0.1, -0.05) is 30.3 Å². The smallest absolute Gasteiger partial charge is 0.302 e. The van der Waals surface area contributed by atoms with Crippen LogP contribution in [0.1, 0.15) is 26.3 Å². The summed E-state index contributed by atoms with van der Waals surface area (Å²) >= 11 is 0. The van der Waals surface area contributed by atoms with E-state index >= 15 is 0 Å². The second-order valence-electron chi connectivity index (χ2n) is 6.28. The zero-order chi connectivity index (χ0) is 19.8. The van der Waals surface area contributed by atoms with Crippen LogP contribution in [-0.2, 0) is 35.1 Å². The lowest BCUT2D eigenvalue weighted by Crippen LogP contribution is -2.65. The molecular formula is C19H27NO7. The summed E-state index contributed by atoms with van der Waals surface area (Å²) in [5, 5.41) is 13.5. The number of benzene rings is 1. The Morgan fingerprint density at radius 1 is 1.19 bits per heavy atom. The summed E-state index contributed by atoms with van der Waals surface area (Å²) in [6.07, 6.45) is -3.61. The highest BCUT2D eigenvalue weighted by molar-refractivity contribution is 5.73. The number of esters is 1. The molecule has 8 heteroatoms. The lowest BCUT2D eigenvalue weighted by Gasteiger charge is -2.44. The number of carbonyl (C=O) groups excluding carboxylic acids is 2. The van der Waals surface area contributed by atoms with Gasteiger partial charge in [-0.25, -0.2) is 0 Å². The van der Waals surface area contributed by atoms with E-state index in [0.717, 1.165) is 5.56 Å². The summed E-state index contributed by atoms with van der Waals surface area (Å²) in [6, 6.07) is 8.75. The van der Waals surface area contributed by atoms with E-state index in [1.807, 2.05) is 30.3 Å². The maximum absolute atomic E-state index is 11.7. The molecule has 2 N–H and O–H groups in total. The number of nitrogens with one attached hydrogen (secondary N) is 1. The second kappa shape index (κ2) is 10.4. The average Bonchev–Trinajstić information content (AvgIpc) is 2.63. The first-order chi connectivity index (χ1) is 12.9. The highest BCUT2D eigenvalue weighted by Gasteiger charge is 2.47. The van der Waals surface area contributed by atoms with Crippen LogP contribution < -0.4 is 5.32 Å². The molecule has 1 amide bonds. The predicted octanol–water partition coefficient (Wildman–Crippen LogP) is 0.762. The second-order valence-corrected chi connectivity index (χ2v) is 6.28. The summed E-state index contributed by atoms with van der Waals surface area (Å²) in [5.41, 5.74) is 0.919. The third-order valence-electron chi connectivity index (χ3n) is 4.11. The van der Waals surface area contributed by atoms with Crippen LogP contribution in [0.15, 0.2) is 30.3 Å². The lowest BCUT2D eigenvalue weighted by molar-refractivity contribution is -0.278. The summed E-state index contributed by atoms with van der Waals surface area (Å²) in [6.45, 7) is 4.87. The number of hydrogen-bond acceptors (Lipinski definition) is 7. The molecule has 1 aromatic carbocycles. The van der Waals surface area contributed by atoms with Crippen molar-refractivity contribution in [1.29, 1.82) is 0 Å². The van der Waals surface area contributed by atoms with Crippen molar-refractivity contribution < 1.29 is 33.6 Å². The Balaban J connectivity index is 2.18. The molecule has 5 atom stereocenters. The van der Waals surface area contributed by atoms with Crippen LogP contribution in [-0.4, -0.2) is 60.8 Å². The molecule has 0 bridgehead atoms. The topological polar surface area (TPSA) is 103 Å². The van der Waals surface area contributed by atoms with Gasteiger partial charge in [0, 0.05) is 20.5 Å². The lowest BCUT2D eigenvalue weighted by atomic mass is 9.96. The van der Waals surface area contributed by atoms with Crippen LogP contribution >= 0.6 is 0 Å². The van der Waals surface area contributed by atoms with Gasteiger partial charge in [0.05, 0.1) is 6.61 Å². The van der Waals surface area contributed by atoms with Gasteiger partial charge >= 0.3 is 5.97 Å². The number of aliphatic hydroxyl groups excluding tert-OH is 1. The molecule has 0 radical (unpaired) electrons. The van der Waals surface area contributed by atoms with Crippen molar-refractivity contribution in [3.63, 3.8) is 0 Å². The quantitative estimate of drug-likeness (QED) is 0.641. The van der Waals surface area contributed by atoms with Gasteiger partial charge in [0.2, 0.25) is 5.91 Å². The number of amides is 1. The first kappa shape index (κ1) is 21.3. The normalized spacial score (nSPS) is 27.8. The van der Waals surface area contributed by atoms with Crippen LogP contribution in [0.3, 0.4) is 0 Å². The van der Waals surface area contributed by atoms with Crippen LogP contribution in [0.2, 0.25) is 0 Å². The Morgan fingerprint density at radius 3 is 2.48 bits per heavy atom. The van der Waals surface area contributed by atoms with E-state index in [1.54, 1.807) is 6.92 Å². The fraction of sp³-hybridized carbons (Fsp3) is 0.579. The van der Waals surface area contributed by atoms with Gasteiger partial charge in [-0.2, -0.15) is 0 Å². The van der Waals surface area contributed by atoms with Gasteiger partial charge in [-0.3, -0.25) is 9.59 Å². The minimum absolute atomic E-state index is 0.141. The molecule has 1 aliphatic rings. The Labute approximate surface area is 158 Å². The Kier molecular flexibility index (Phi) is 8.18. The van der Waals surface area contributed by atoms with Gasteiger partial charge in [0.1, 0.15) is 31.0 Å². The molecule has 0 unspecified atom stereocenters. The standard InChI is InChI=1S/C19H27NO7/c1-4-24-19-16(20-12(2)21)18(26-10-14-8-6-5-7-9-14)17(23)15(27-19)11-25-13(3)22/h5-9,15-19,23H,4,10-11H2,1-3H3,(H,20,21)/t15-,16-,17-,18-,19-/m1/s1. The van der Waals surface area contributed by atoms with Crippen molar-refractivity contribution >= 4 is 11.9 Å². The zero-order valence-electron chi connectivity index (χ0n) is 15.8. The fourth-order valence-electron chi connectivity index (χ4n) is 2.91. The highest BCUT2D eigenvalue weighted by atomic mass is 16.7. The molecule has 0 aromatic heterocycles. The maximum Gasteiger partial charge on any atom is 0.302 e. The molecule has 1 heterocycles. The molecule has 0 spiro atoms. The van der Waals surface area contributed by atoms with Gasteiger partial charge in [-0.05, 0) is 12.5 Å². The number of ether oxygens (including phenoxy) is 4. The number of carbonyl (C=O) groups is 2. The molecule has 1 fully saturated rings. The van der Waals surface area contributed by atoms with E-state index in [0.29, 0.717) is 6.61 Å². The highest BCUT2D eigenvalue weighted by Crippen LogP contribution is 2.26. The van der Waals surface area contributed by atoms with E-state index in [-0.39, 0.29) is 19.1 Å². The zero-order valence-corrected chi connectivity index (χ0v) is 15.8. The van der Waals surface area contributed by atoms with Crippen molar-refractivity contribution in [2.75, 3.05) is 13.2 Å². The predicted molar refractivity (Wildman–Crippen MR) is 95.6 cm³/mol. The Bertz CT molecular complexity index is 609. The van der Waals surface area contributed by atoms with Crippen molar-refractivity contribution in [3.05, 3.63) is 35.9 Å². The van der Waals surface area contributed by atoms with Gasteiger partial charge in [-0.15, -0.1) is 0 Å². The minimum atomic E-state index is -1.12. The van der Waals surface area contributed by atoms with Crippen LogP contribution in [0.25, 0.3) is 0 Å². The fourth-order valence-corrected chi connectivity index (χ4v) is 2.91. The molecule has 0 saturated carbocycles. The number of rotatable bonds is 8. The molecule has 150 valence electrons. The number of hydrogen-bond donors (Lipinski definition) is 2. The van der Waals surface area contributed by atoms with Crippen molar-refractivity contribution in [3.8, 4) is 0 Å². The van der Waals surface area contributed by atoms with Crippen molar-refractivity contribution in [2.24, 2.45) is 0 Å². The average molecular weight is 381 g/mol. The Morgan fingerprint density at radius 2 is 1.89 bits per heavy atom. The van der Waals surface area contributed by atoms with E-state index in [4.69, 9.17) is 18.9 Å². The molecule has 1 aromatic rings. The maximum atomic E-state index is 11.7. The van der Waals surface area contributed by atoms with E-state index in [2.05, 4.69) is 5.32 Å². The van der Waals surface area contributed by atoms with Gasteiger partial charge in [0.25, 0.3) is 0 Å². The summed E-state index contributed by atoms with van der Waals surface area (Å²) < 4.78 is 22.3. The molecule has 0 aliphatic carbocycles. The molecular weight excluding hydrogens is 354 g/mol. The molecule has 27 heavy (non-hydrogen) atoms. The number of aliphatic hydroxyl groups is 1. The molecule has 2 rings (SSSR count). The van der Waals surface area contributed by atoms with Crippen molar-refractivity contribution in [2.45, 2.75) is 58.0 Å². The summed E-state index contributed by atoms with van der Waals surface area (Å²) in [5.74, 6) is -0.781. The van der Waals surface area contributed by atoms with Crippen LogP contribution in [0.4, 0.5) is 0 Å². The molecule has 1 saturated heterocycles. The minimum Gasteiger partial charge on any atom is -0.463 e. The van der Waals surface area contributed by atoms with E-state index in [1.165, 1.54) is 13.8 Å². The Hall–Kier alpha value is -2.00. The van der Waals surface area contributed by atoms with Gasteiger partial charge in [0.15, 0.2) is 6.29 Å². The largest absolute Gasteiger partial charge is 0.463 e. The monoisotopic (exact) mass is 381 g/mol. The summed E-state index contributed by atoms with van der Waals surface area (Å²) in [4.78, 5) is 22.8. The first-order valence-electron chi connectivity index (χ1n) is 8.93. The molecule has 1 aliphatic heterocycles. The SMILES string of the molecule is CCO[C@@H]1O[C@H](COC(C)=O)[C@@H](O)[C@H](OCc2ccccc2)[C@H]1NC(C)=O. The summed E-state index contributed by atoms with van der Waals surface area (Å²) in [7, 11) is 0. The third-order valence-corrected chi connectivity index (χ3v) is 4.11. The van der Waals surface area contributed by atoms with E-state index < -0.39 is 36.6 Å². The third kappa shape index (κ3) is 6.28. The van der Waals surface area contributed by atoms with Crippen LogP contribution in [0, 0.1) is 0 Å². The molecule has 8 nitrogen and oxygen atoms in total. The van der Waals surface area contributed by atoms with Crippen LogP contribution in [0.5, 0.6) is 0 Å².